The number of rotatable bonds is 6. The Hall–Kier alpha value is -2.86. The summed E-state index contributed by atoms with van der Waals surface area (Å²) in [5.74, 6) is 0.0928. The molecule has 1 aromatic carbocycles. The van der Waals surface area contributed by atoms with Crippen LogP contribution in [0.5, 0.6) is 5.75 Å². The van der Waals surface area contributed by atoms with Crippen molar-refractivity contribution in [1.82, 2.24) is 14.3 Å². The minimum absolute atomic E-state index is 0.420. The van der Waals surface area contributed by atoms with Crippen molar-refractivity contribution >= 4 is 11.6 Å². The zero-order valence-corrected chi connectivity index (χ0v) is 16.3. The lowest BCUT2D eigenvalue weighted by atomic mass is 9.90. The van der Waals surface area contributed by atoms with Gasteiger partial charge in [-0.1, -0.05) is 18.2 Å². The van der Waals surface area contributed by atoms with Crippen molar-refractivity contribution < 1.29 is 14.6 Å². The van der Waals surface area contributed by atoms with Crippen molar-refractivity contribution in [3.8, 4) is 5.75 Å². The number of hydrogen-bond donors (Lipinski definition) is 1. The SMILES string of the molecule is Cc1cccn2cc(COc3ccc(CN4CCC(C)(C(=O)O)C4)cc3)nc12. The average molecular weight is 379 g/mol. The molecule has 1 aliphatic rings. The molecule has 28 heavy (non-hydrogen) atoms. The molecule has 0 radical (unpaired) electrons. The number of aryl methyl sites for hydroxylation is 1. The van der Waals surface area contributed by atoms with Crippen molar-refractivity contribution in [1.29, 1.82) is 0 Å². The van der Waals surface area contributed by atoms with Crippen LogP contribution >= 0.6 is 0 Å². The van der Waals surface area contributed by atoms with Crippen LogP contribution in [0.3, 0.4) is 0 Å². The molecule has 0 amide bonds. The molecule has 0 bridgehead atoms. The van der Waals surface area contributed by atoms with E-state index in [1.807, 2.05) is 67.0 Å². The molecule has 4 rings (SSSR count). The molecule has 0 aliphatic carbocycles. The second-order valence-electron chi connectivity index (χ2n) is 7.91. The minimum atomic E-state index is -0.708. The van der Waals surface area contributed by atoms with E-state index >= 15 is 0 Å². The van der Waals surface area contributed by atoms with Crippen molar-refractivity contribution in [3.05, 3.63) is 65.6 Å². The first-order valence-corrected chi connectivity index (χ1v) is 9.54. The molecule has 3 aromatic rings. The first kappa shape index (κ1) is 18.5. The van der Waals surface area contributed by atoms with Crippen LogP contribution in [0, 0.1) is 12.3 Å². The molecule has 3 heterocycles. The van der Waals surface area contributed by atoms with Gasteiger partial charge in [0.15, 0.2) is 0 Å². The quantitative estimate of drug-likeness (QED) is 0.710. The Labute approximate surface area is 164 Å². The van der Waals surface area contributed by atoms with Crippen LogP contribution < -0.4 is 4.74 Å². The monoisotopic (exact) mass is 379 g/mol. The lowest BCUT2D eigenvalue weighted by molar-refractivity contribution is -0.147. The van der Waals surface area contributed by atoms with Gasteiger partial charge in [0.1, 0.15) is 18.0 Å². The van der Waals surface area contributed by atoms with Gasteiger partial charge in [0.2, 0.25) is 0 Å². The number of aliphatic carboxylic acids is 1. The number of pyridine rings is 1. The lowest BCUT2D eigenvalue weighted by Crippen LogP contribution is -2.31. The van der Waals surface area contributed by atoms with Crippen LogP contribution in [0.4, 0.5) is 0 Å². The zero-order chi connectivity index (χ0) is 19.7. The number of hydrogen-bond acceptors (Lipinski definition) is 4. The van der Waals surface area contributed by atoms with E-state index in [2.05, 4.69) is 9.88 Å². The molecule has 0 saturated carbocycles. The number of carboxylic acid groups (broad SMARTS) is 1. The maximum Gasteiger partial charge on any atom is 0.310 e. The predicted molar refractivity (Wildman–Crippen MR) is 106 cm³/mol. The highest BCUT2D eigenvalue weighted by atomic mass is 16.5. The number of nitrogens with zero attached hydrogens (tertiary/aromatic N) is 3. The molecule has 2 aromatic heterocycles. The molecular formula is C22H25N3O3. The van der Waals surface area contributed by atoms with Crippen LogP contribution in [0.1, 0.15) is 30.2 Å². The van der Waals surface area contributed by atoms with E-state index < -0.39 is 11.4 Å². The standard InChI is InChI=1S/C22H25N3O3/c1-16-4-3-10-25-13-18(23-20(16)25)14-28-19-7-5-17(6-8-19)12-24-11-9-22(2,15-24)21(26)27/h3-8,10,13H,9,11-12,14-15H2,1-2H3,(H,26,27). The Kier molecular flexibility index (Phi) is 4.81. The third-order valence-electron chi connectivity index (χ3n) is 5.51. The number of carbonyl (C=O) groups is 1. The lowest BCUT2D eigenvalue weighted by Gasteiger charge is -2.20. The first-order valence-electron chi connectivity index (χ1n) is 9.54. The highest BCUT2D eigenvalue weighted by Gasteiger charge is 2.40. The van der Waals surface area contributed by atoms with Crippen LogP contribution in [0.2, 0.25) is 0 Å². The third kappa shape index (κ3) is 3.73. The van der Waals surface area contributed by atoms with Crippen LogP contribution in [0.25, 0.3) is 5.65 Å². The zero-order valence-electron chi connectivity index (χ0n) is 16.3. The Morgan fingerprint density at radius 2 is 2.07 bits per heavy atom. The molecule has 1 fully saturated rings. The summed E-state index contributed by atoms with van der Waals surface area (Å²) in [6.45, 7) is 6.46. The van der Waals surface area contributed by atoms with Gasteiger partial charge in [0.05, 0.1) is 11.1 Å². The minimum Gasteiger partial charge on any atom is -0.487 e. The van der Waals surface area contributed by atoms with Gasteiger partial charge in [-0.15, -0.1) is 0 Å². The Bertz CT molecular complexity index is 996. The smallest absolute Gasteiger partial charge is 0.310 e. The summed E-state index contributed by atoms with van der Waals surface area (Å²) >= 11 is 0. The molecule has 1 aliphatic heterocycles. The summed E-state index contributed by atoms with van der Waals surface area (Å²) in [6.07, 6.45) is 4.67. The van der Waals surface area contributed by atoms with Gasteiger partial charge < -0.3 is 14.2 Å². The summed E-state index contributed by atoms with van der Waals surface area (Å²) in [6, 6.07) is 12.1. The van der Waals surface area contributed by atoms with Crippen molar-refractivity contribution in [2.45, 2.75) is 33.4 Å². The molecule has 1 N–H and O–H groups in total. The first-order chi connectivity index (χ1) is 13.4. The summed E-state index contributed by atoms with van der Waals surface area (Å²) in [5, 5.41) is 9.36. The van der Waals surface area contributed by atoms with Gasteiger partial charge in [-0.2, -0.15) is 0 Å². The highest BCUT2D eigenvalue weighted by molar-refractivity contribution is 5.74. The number of likely N-dealkylation sites (tertiary alicyclic amines) is 1. The molecule has 1 atom stereocenters. The maximum absolute atomic E-state index is 11.4. The van der Waals surface area contributed by atoms with E-state index in [1.54, 1.807) is 0 Å². The fourth-order valence-corrected chi connectivity index (χ4v) is 3.75. The third-order valence-corrected chi connectivity index (χ3v) is 5.51. The van der Waals surface area contributed by atoms with Gasteiger partial charge in [-0.25, -0.2) is 4.98 Å². The number of benzene rings is 1. The van der Waals surface area contributed by atoms with Gasteiger partial charge >= 0.3 is 5.97 Å². The van der Waals surface area contributed by atoms with Gasteiger partial charge in [-0.05, 0) is 56.1 Å². The topological polar surface area (TPSA) is 67.1 Å². The number of fused-ring (bicyclic) bond motifs is 1. The summed E-state index contributed by atoms with van der Waals surface area (Å²) in [7, 11) is 0. The largest absolute Gasteiger partial charge is 0.487 e. The molecule has 6 heteroatoms. The summed E-state index contributed by atoms with van der Waals surface area (Å²) < 4.78 is 7.90. The van der Waals surface area contributed by atoms with E-state index in [4.69, 9.17) is 4.74 Å². The molecule has 146 valence electrons. The second kappa shape index (κ2) is 7.28. The van der Waals surface area contributed by atoms with Crippen LogP contribution in [0.15, 0.2) is 48.8 Å². The van der Waals surface area contributed by atoms with Crippen LogP contribution in [-0.4, -0.2) is 38.4 Å². The Morgan fingerprint density at radius 3 is 2.75 bits per heavy atom. The number of carboxylic acids is 1. The molecule has 1 saturated heterocycles. The van der Waals surface area contributed by atoms with Gasteiger partial charge in [0, 0.05) is 25.5 Å². The van der Waals surface area contributed by atoms with E-state index in [-0.39, 0.29) is 0 Å². The number of aromatic nitrogens is 2. The fourth-order valence-electron chi connectivity index (χ4n) is 3.75. The van der Waals surface area contributed by atoms with Gasteiger partial charge in [-0.3, -0.25) is 9.69 Å². The number of imidazole rings is 1. The van der Waals surface area contributed by atoms with Crippen molar-refractivity contribution in [2.24, 2.45) is 5.41 Å². The highest BCUT2D eigenvalue weighted by Crippen LogP contribution is 2.31. The predicted octanol–water partition coefficient (Wildman–Crippen LogP) is 3.52. The van der Waals surface area contributed by atoms with E-state index in [0.29, 0.717) is 19.6 Å². The van der Waals surface area contributed by atoms with Gasteiger partial charge in [0.25, 0.3) is 0 Å². The van der Waals surface area contributed by atoms with Crippen molar-refractivity contribution in [2.75, 3.05) is 13.1 Å². The molecular weight excluding hydrogens is 354 g/mol. The summed E-state index contributed by atoms with van der Waals surface area (Å²) in [5.41, 5.74) is 3.51. The molecule has 1 unspecified atom stereocenters. The molecule has 0 spiro atoms. The van der Waals surface area contributed by atoms with Crippen LogP contribution in [-0.2, 0) is 17.9 Å². The average Bonchev–Trinajstić information content (AvgIpc) is 3.26. The Morgan fingerprint density at radius 1 is 1.29 bits per heavy atom. The number of ether oxygens (including phenoxy) is 1. The van der Waals surface area contributed by atoms with Crippen molar-refractivity contribution in [3.63, 3.8) is 0 Å². The second-order valence-corrected chi connectivity index (χ2v) is 7.91. The maximum atomic E-state index is 11.4. The van der Waals surface area contributed by atoms with E-state index in [0.717, 1.165) is 41.3 Å². The molecule has 6 nitrogen and oxygen atoms in total. The van der Waals surface area contributed by atoms with E-state index in [9.17, 15) is 9.90 Å². The fraction of sp³-hybridized carbons (Fsp3) is 0.364. The van der Waals surface area contributed by atoms with E-state index in [1.165, 1.54) is 0 Å². The Balaban J connectivity index is 1.34. The normalized spacial score (nSPS) is 19.9. The summed E-state index contributed by atoms with van der Waals surface area (Å²) in [4.78, 5) is 18.2.